The first-order valence-electron chi connectivity index (χ1n) is 6.35. The van der Waals surface area contributed by atoms with E-state index in [-0.39, 0.29) is 5.25 Å². The van der Waals surface area contributed by atoms with Crippen LogP contribution in [-0.2, 0) is 15.5 Å². The molecule has 3 unspecified atom stereocenters. The van der Waals surface area contributed by atoms with Crippen LogP contribution in [0.25, 0.3) is 0 Å². The van der Waals surface area contributed by atoms with Crippen molar-refractivity contribution in [3.8, 4) is 0 Å². The van der Waals surface area contributed by atoms with Crippen LogP contribution in [0.3, 0.4) is 0 Å². The fourth-order valence-electron chi connectivity index (χ4n) is 2.26. The summed E-state index contributed by atoms with van der Waals surface area (Å²) in [6, 6.07) is 0.462. The maximum Gasteiger partial charge on any atom is 0.0477 e. The van der Waals surface area contributed by atoms with Crippen molar-refractivity contribution in [3.05, 3.63) is 0 Å². The molecule has 3 atom stereocenters. The van der Waals surface area contributed by atoms with E-state index in [1.54, 1.807) is 0 Å². The molecular formula is C12H25NO2S. The third-order valence-electron chi connectivity index (χ3n) is 3.13. The number of hydrogen-bond donors (Lipinski definition) is 1. The second kappa shape index (κ2) is 7.41. The molecule has 1 fully saturated rings. The lowest BCUT2D eigenvalue weighted by atomic mass is 10.2. The van der Waals surface area contributed by atoms with Gasteiger partial charge in [0.05, 0.1) is 0 Å². The highest BCUT2D eigenvalue weighted by atomic mass is 32.2. The van der Waals surface area contributed by atoms with Crippen molar-refractivity contribution in [2.75, 3.05) is 19.8 Å². The average Bonchev–Trinajstić information content (AvgIpc) is 2.29. The SMILES string of the molecule is CCNC(C)CC(C)S(=O)C1CCOCC1. The molecule has 96 valence electrons. The summed E-state index contributed by atoms with van der Waals surface area (Å²) in [5.41, 5.74) is 0. The minimum atomic E-state index is -0.695. The van der Waals surface area contributed by atoms with Crippen molar-refractivity contribution in [1.29, 1.82) is 0 Å². The van der Waals surface area contributed by atoms with Gasteiger partial charge in [0.25, 0.3) is 0 Å². The normalized spacial score (nSPS) is 23.9. The van der Waals surface area contributed by atoms with Crippen LogP contribution in [0.1, 0.15) is 40.0 Å². The molecule has 1 aliphatic rings. The summed E-state index contributed by atoms with van der Waals surface area (Å²) >= 11 is 0. The number of ether oxygens (including phenoxy) is 1. The zero-order chi connectivity index (χ0) is 12.0. The van der Waals surface area contributed by atoms with Crippen LogP contribution < -0.4 is 5.32 Å². The van der Waals surface area contributed by atoms with Gasteiger partial charge in [-0.1, -0.05) is 13.8 Å². The lowest BCUT2D eigenvalue weighted by molar-refractivity contribution is 0.0991. The minimum Gasteiger partial charge on any atom is -0.381 e. The van der Waals surface area contributed by atoms with Gasteiger partial charge in [0.15, 0.2) is 0 Å². The van der Waals surface area contributed by atoms with Gasteiger partial charge < -0.3 is 10.1 Å². The first-order chi connectivity index (χ1) is 7.65. The first kappa shape index (κ1) is 14.1. The topological polar surface area (TPSA) is 38.3 Å². The van der Waals surface area contributed by atoms with Gasteiger partial charge in [-0.25, -0.2) is 0 Å². The third kappa shape index (κ3) is 4.52. The van der Waals surface area contributed by atoms with E-state index in [1.807, 2.05) is 0 Å². The van der Waals surface area contributed by atoms with Gasteiger partial charge in [-0.2, -0.15) is 0 Å². The van der Waals surface area contributed by atoms with Crippen LogP contribution in [0.15, 0.2) is 0 Å². The van der Waals surface area contributed by atoms with Crippen molar-refractivity contribution in [1.82, 2.24) is 5.32 Å². The Labute approximate surface area is 102 Å². The van der Waals surface area contributed by atoms with Crippen molar-refractivity contribution in [2.45, 2.75) is 56.6 Å². The lowest BCUT2D eigenvalue weighted by Crippen LogP contribution is -2.35. The predicted molar refractivity (Wildman–Crippen MR) is 69.2 cm³/mol. The van der Waals surface area contributed by atoms with Crippen molar-refractivity contribution >= 4 is 10.8 Å². The summed E-state index contributed by atoms with van der Waals surface area (Å²) in [7, 11) is -0.695. The van der Waals surface area contributed by atoms with Gasteiger partial charge in [0.2, 0.25) is 0 Å². The van der Waals surface area contributed by atoms with Crippen molar-refractivity contribution in [3.63, 3.8) is 0 Å². The van der Waals surface area contributed by atoms with Crippen LogP contribution in [0.4, 0.5) is 0 Å². The Morgan fingerprint density at radius 3 is 2.56 bits per heavy atom. The van der Waals surface area contributed by atoms with Crippen molar-refractivity contribution < 1.29 is 8.95 Å². The summed E-state index contributed by atoms with van der Waals surface area (Å²) in [5.74, 6) is 0. The average molecular weight is 247 g/mol. The zero-order valence-corrected chi connectivity index (χ0v) is 11.5. The fraction of sp³-hybridized carbons (Fsp3) is 1.00. The molecule has 0 aliphatic carbocycles. The van der Waals surface area contributed by atoms with Gasteiger partial charge in [-0.05, 0) is 32.7 Å². The number of nitrogens with one attached hydrogen (secondary N) is 1. The predicted octanol–water partition coefficient (Wildman–Crippen LogP) is 1.69. The second-order valence-corrected chi connectivity index (χ2v) is 6.77. The summed E-state index contributed by atoms with van der Waals surface area (Å²) in [4.78, 5) is 0. The van der Waals surface area contributed by atoms with Crippen molar-refractivity contribution in [2.24, 2.45) is 0 Å². The molecule has 0 aromatic carbocycles. The molecule has 1 saturated heterocycles. The second-order valence-electron chi connectivity index (χ2n) is 4.65. The summed E-state index contributed by atoms with van der Waals surface area (Å²) in [6.07, 6.45) is 2.93. The summed E-state index contributed by atoms with van der Waals surface area (Å²) < 4.78 is 17.6. The Balaban J connectivity index is 2.34. The van der Waals surface area contributed by atoms with Crippen LogP contribution >= 0.6 is 0 Å². The Morgan fingerprint density at radius 2 is 2.00 bits per heavy atom. The quantitative estimate of drug-likeness (QED) is 0.776. The van der Waals surface area contributed by atoms with Gasteiger partial charge in [-0.15, -0.1) is 0 Å². The van der Waals surface area contributed by atoms with Crippen LogP contribution in [0.5, 0.6) is 0 Å². The van der Waals surface area contributed by atoms with Crippen LogP contribution in [0, 0.1) is 0 Å². The van der Waals surface area contributed by atoms with E-state index in [2.05, 4.69) is 26.1 Å². The highest BCUT2D eigenvalue weighted by molar-refractivity contribution is 7.86. The van der Waals surface area contributed by atoms with Crippen LogP contribution in [0.2, 0.25) is 0 Å². The molecule has 0 aromatic rings. The van der Waals surface area contributed by atoms with E-state index >= 15 is 0 Å². The largest absolute Gasteiger partial charge is 0.381 e. The first-order valence-corrected chi connectivity index (χ1v) is 7.63. The highest BCUT2D eigenvalue weighted by Gasteiger charge is 2.25. The summed E-state index contributed by atoms with van der Waals surface area (Å²) in [5, 5.41) is 4.02. The minimum absolute atomic E-state index is 0.289. The fourth-order valence-corrected chi connectivity index (χ4v) is 4.05. The molecule has 0 saturated carbocycles. The van der Waals surface area contributed by atoms with Gasteiger partial charge in [-0.3, -0.25) is 4.21 Å². The van der Waals surface area contributed by atoms with E-state index in [4.69, 9.17) is 4.74 Å². The van der Waals surface area contributed by atoms with Gasteiger partial charge in [0.1, 0.15) is 0 Å². The number of rotatable bonds is 6. The van der Waals surface area contributed by atoms with E-state index < -0.39 is 10.8 Å². The molecule has 1 heterocycles. The van der Waals surface area contributed by atoms with Gasteiger partial charge >= 0.3 is 0 Å². The molecule has 0 amide bonds. The Bertz CT molecular complexity index is 217. The molecule has 1 rings (SSSR count). The Morgan fingerprint density at radius 1 is 1.38 bits per heavy atom. The van der Waals surface area contributed by atoms with E-state index in [0.717, 1.165) is 39.0 Å². The highest BCUT2D eigenvalue weighted by Crippen LogP contribution is 2.18. The molecule has 1 aliphatic heterocycles. The standard InChI is InChI=1S/C12H25NO2S/c1-4-13-10(2)9-11(3)16(14)12-5-7-15-8-6-12/h10-13H,4-9H2,1-3H3. The van der Waals surface area contributed by atoms with E-state index in [0.29, 0.717) is 11.3 Å². The maximum atomic E-state index is 12.3. The Hall–Kier alpha value is 0.0700. The van der Waals surface area contributed by atoms with E-state index in [1.165, 1.54) is 0 Å². The smallest absolute Gasteiger partial charge is 0.0477 e. The maximum absolute atomic E-state index is 12.3. The molecule has 4 heteroatoms. The lowest BCUT2D eigenvalue weighted by Gasteiger charge is -2.26. The third-order valence-corrected chi connectivity index (χ3v) is 5.25. The number of hydrogen-bond acceptors (Lipinski definition) is 3. The summed E-state index contributed by atoms with van der Waals surface area (Å²) in [6.45, 7) is 8.94. The molecule has 16 heavy (non-hydrogen) atoms. The molecule has 0 spiro atoms. The van der Waals surface area contributed by atoms with E-state index in [9.17, 15) is 4.21 Å². The molecular weight excluding hydrogens is 222 g/mol. The molecule has 3 nitrogen and oxygen atoms in total. The molecule has 1 N–H and O–H groups in total. The molecule has 0 aromatic heterocycles. The van der Waals surface area contributed by atoms with Gasteiger partial charge in [0, 0.05) is 40.6 Å². The molecule has 0 bridgehead atoms. The molecule has 0 radical (unpaired) electrons. The zero-order valence-electron chi connectivity index (χ0n) is 10.7. The monoisotopic (exact) mass is 247 g/mol. The Kier molecular flexibility index (Phi) is 6.54. The van der Waals surface area contributed by atoms with Crippen LogP contribution in [-0.4, -0.2) is 40.5 Å².